The second-order valence-electron chi connectivity index (χ2n) is 5.62. The minimum absolute atomic E-state index is 0.166. The van der Waals surface area contributed by atoms with Gasteiger partial charge in [0.25, 0.3) is 0 Å². The van der Waals surface area contributed by atoms with Crippen molar-refractivity contribution in [1.82, 2.24) is 5.32 Å². The van der Waals surface area contributed by atoms with Gasteiger partial charge in [0.05, 0.1) is 6.42 Å². The Morgan fingerprint density at radius 3 is 2.25 bits per heavy atom. The standard InChI is InChI=1S/C14H19FN2O3/c1-14(2,3)11(8-12(18)19)17-13(20)16-10-6-4-9(15)5-7-10/h4-7,11H,8H2,1-3H3,(H,18,19)(H2,16,17,20). The summed E-state index contributed by atoms with van der Waals surface area (Å²) in [5.41, 5.74) is 0.0466. The molecule has 1 unspecified atom stereocenters. The highest BCUT2D eigenvalue weighted by molar-refractivity contribution is 5.89. The predicted molar refractivity (Wildman–Crippen MR) is 74.1 cm³/mol. The van der Waals surface area contributed by atoms with Gasteiger partial charge < -0.3 is 15.7 Å². The number of anilines is 1. The fourth-order valence-electron chi connectivity index (χ4n) is 1.61. The number of carboxylic acids is 1. The topological polar surface area (TPSA) is 78.4 Å². The van der Waals surface area contributed by atoms with Crippen LogP contribution in [0.25, 0.3) is 0 Å². The molecule has 0 aliphatic heterocycles. The number of amides is 2. The second kappa shape index (κ2) is 6.36. The summed E-state index contributed by atoms with van der Waals surface area (Å²) in [5, 5.41) is 14.0. The Balaban J connectivity index is 2.66. The van der Waals surface area contributed by atoms with E-state index in [1.54, 1.807) is 0 Å². The van der Waals surface area contributed by atoms with Gasteiger partial charge in [-0.05, 0) is 29.7 Å². The fraction of sp³-hybridized carbons (Fsp3) is 0.429. The minimum atomic E-state index is -0.980. The van der Waals surface area contributed by atoms with Crippen LogP contribution in [-0.2, 0) is 4.79 Å². The summed E-state index contributed by atoms with van der Waals surface area (Å²) < 4.78 is 12.7. The average molecular weight is 282 g/mol. The first-order valence-corrected chi connectivity index (χ1v) is 6.23. The molecule has 1 atom stereocenters. The molecular formula is C14H19FN2O3. The first-order valence-electron chi connectivity index (χ1n) is 6.23. The van der Waals surface area contributed by atoms with Gasteiger partial charge in [0.1, 0.15) is 5.82 Å². The van der Waals surface area contributed by atoms with Gasteiger partial charge in [0.15, 0.2) is 0 Å². The minimum Gasteiger partial charge on any atom is -0.481 e. The van der Waals surface area contributed by atoms with E-state index in [-0.39, 0.29) is 6.42 Å². The van der Waals surface area contributed by atoms with E-state index < -0.39 is 29.3 Å². The van der Waals surface area contributed by atoms with E-state index in [1.807, 2.05) is 20.8 Å². The Morgan fingerprint density at radius 1 is 1.25 bits per heavy atom. The van der Waals surface area contributed by atoms with Gasteiger partial charge in [-0.15, -0.1) is 0 Å². The lowest BCUT2D eigenvalue weighted by Crippen LogP contribution is -2.46. The lowest BCUT2D eigenvalue weighted by atomic mass is 9.85. The van der Waals surface area contributed by atoms with Gasteiger partial charge >= 0.3 is 12.0 Å². The van der Waals surface area contributed by atoms with Crippen LogP contribution < -0.4 is 10.6 Å². The molecule has 0 spiro atoms. The van der Waals surface area contributed by atoms with Crippen LogP contribution in [0, 0.1) is 11.2 Å². The van der Waals surface area contributed by atoms with Crippen molar-refractivity contribution in [3.8, 4) is 0 Å². The number of carbonyl (C=O) groups excluding carboxylic acids is 1. The molecule has 0 aromatic heterocycles. The quantitative estimate of drug-likeness (QED) is 0.794. The van der Waals surface area contributed by atoms with E-state index >= 15 is 0 Å². The van der Waals surface area contributed by atoms with Crippen molar-refractivity contribution < 1.29 is 19.1 Å². The summed E-state index contributed by atoms with van der Waals surface area (Å²) in [6.07, 6.45) is -0.166. The van der Waals surface area contributed by atoms with Crippen molar-refractivity contribution in [2.75, 3.05) is 5.32 Å². The third-order valence-electron chi connectivity index (χ3n) is 2.83. The fourth-order valence-corrected chi connectivity index (χ4v) is 1.61. The summed E-state index contributed by atoms with van der Waals surface area (Å²) in [4.78, 5) is 22.6. The summed E-state index contributed by atoms with van der Waals surface area (Å²) in [6, 6.07) is 4.29. The lowest BCUT2D eigenvalue weighted by molar-refractivity contribution is -0.138. The number of benzene rings is 1. The summed E-state index contributed by atoms with van der Waals surface area (Å²) in [7, 11) is 0. The zero-order valence-corrected chi connectivity index (χ0v) is 11.7. The van der Waals surface area contributed by atoms with Crippen molar-refractivity contribution >= 4 is 17.7 Å². The molecule has 0 fully saturated rings. The van der Waals surface area contributed by atoms with Gasteiger partial charge in [-0.1, -0.05) is 20.8 Å². The molecule has 0 bridgehead atoms. The molecule has 0 radical (unpaired) electrons. The number of hydrogen-bond donors (Lipinski definition) is 3. The SMILES string of the molecule is CC(C)(C)C(CC(=O)O)NC(=O)Nc1ccc(F)cc1. The second-order valence-corrected chi connectivity index (χ2v) is 5.62. The maximum absolute atomic E-state index is 12.7. The molecule has 110 valence electrons. The molecule has 5 nitrogen and oxygen atoms in total. The van der Waals surface area contributed by atoms with E-state index in [4.69, 9.17) is 5.11 Å². The first kappa shape index (κ1) is 15.9. The number of carbonyl (C=O) groups is 2. The Hall–Kier alpha value is -2.11. The Bertz CT molecular complexity index is 480. The van der Waals surface area contributed by atoms with Gasteiger partial charge in [-0.2, -0.15) is 0 Å². The number of nitrogens with one attached hydrogen (secondary N) is 2. The molecule has 0 saturated carbocycles. The number of aliphatic carboxylic acids is 1. The van der Waals surface area contributed by atoms with Crippen molar-refractivity contribution in [1.29, 1.82) is 0 Å². The normalized spacial score (nSPS) is 12.6. The van der Waals surface area contributed by atoms with Gasteiger partial charge in [-0.3, -0.25) is 4.79 Å². The predicted octanol–water partition coefficient (Wildman–Crippen LogP) is 2.84. The number of halogens is 1. The lowest BCUT2D eigenvalue weighted by Gasteiger charge is -2.30. The van der Waals surface area contributed by atoms with Crippen LogP contribution in [-0.4, -0.2) is 23.1 Å². The van der Waals surface area contributed by atoms with E-state index in [0.717, 1.165) is 0 Å². The maximum Gasteiger partial charge on any atom is 0.319 e. The molecule has 1 rings (SSSR count). The van der Waals surface area contributed by atoms with Crippen molar-refractivity contribution in [2.24, 2.45) is 5.41 Å². The zero-order valence-electron chi connectivity index (χ0n) is 11.7. The van der Waals surface area contributed by atoms with Crippen molar-refractivity contribution in [3.63, 3.8) is 0 Å². The van der Waals surface area contributed by atoms with E-state index in [2.05, 4.69) is 10.6 Å². The van der Waals surface area contributed by atoms with Gasteiger partial charge in [0, 0.05) is 11.7 Å². The van der Waals surface area contributed by atoms with Crippen LogP contribution in [0.15, 0.2) is 24.3 Å². The van der Waals surface area contributed by atoms with Crippen LogP contribution in [0.3, 0.4) is 0 Å². The highest BCUT2D eigenvalue weighted by atomic mass is 19.1. The van der Waals surface area contributed by atoms with Gasteiger partial charge in [0.2, 0.25) is 0 Å². The van der Waals surface area contributed by atoms with Gasteiger partial charge in [-0.25, -0.2) is 9.18 Å². The Kier molecular flexibility index (Phi) is 5.07. The van der Waals surface area contributed by atoms with Crippen LogP contribution >= 0.6 is 0 Å². The summed E-state index contributed by atoms with van der Waals surface area (Å²) >= 11 is 0. The molecular weight excluding hydrogens is 263 g/mol. The van der Waals surface area contributed by atoms with Crippen LogP contribution in [0.5, 0.6) is 0 Å². The molecule has 1 aromatic rings. The highest BCUT2D eigenvalue weighted by Crippen LogP contribution is 2.22. The summed E-state index contributed by atoms with van der Waals surface area (Å²) in [5.74, 6) is -1.37. The first-order chi connectivity index (χ1) is 9.18. The number of urea groups is 1. The Morgan fingerprint density at radius 2 is 1.80 bits per heavy atom. The molecule has 0 aliphatic carbocycles. The molecule has 20 heavy (non-hydrogen) atoms. The van der Waals surface area contributed by atoms with E-state index in [9.17, 15) is 14.0 Å². The maximum atomic E-state index is 12.7. The smallest absolute Gasteiger partial charge is 0.319 e. The third-order valence-corrected chi connectivity index (χ3v) is 2.83. The molecule has 6 heteroatoms. The molecule has 3 N–H and O–H groups in total. The molecule has 0 aliphatic rings. The van der Waals surface area contributed by atoms with E-state index in [1.165, 1.54) is 24.3 Å². The zero-order chi connectivity index (χ0) is 15.3. The monoisotopic (exact) mass is 282 g/mol. The number of carboxylic acid groups (broad SMARTS) is 1. The molecule has 0 saturated heterocycles. The van der Waals surface area contributed by atoms with Crippen molar-refractivity contribution in [2.45, 2.75) is 33.2 Å². The number of hydrogen-bond acceptors (Lipinski definition) is 2. The van der Waals surface area contributed by atoms with Crippen LogP contribution in [0.2, 0.25) is 0 Å². The molecule has 2 amide bonds. The number of rotatable bonds is 4. The highest BCUT2D eigenvalue weighted by Gasteiger charge is 2.28. The van der Waals surface area contributed by atoms with Crippen LogP contribution in [0.4, 0.5) is 14.9 Å². The largest absolute Gasteiger partial charge is 0.481 e. The van der Waals surface area contributed by atoms with Crippen molar-refractivity contribution in [3.05, 3.63) is 30.1 Å². The van der Waals surface area contributed by atoms with E-state index in [0.29, 0.717) is 5.69 Å². The summed E-state index contributed by atoms with van der Waals surface area (Å²) in [6.45, 7) is 5.54. The Labute approximate surface area is 117 Å². The average Bonchev–Trinajstić information content (AvgIpc) is 2.29. The molecule has 0 heterocycles. The third kappa shape index (κ3) is 5.26. The molecule has 1 aromatic carbocycles. The van der Waals surface area contributed by atoms with Crippen LogP contribution in [0.1, 0.15) is 27.2 Å².